The monoisotopic (exact) mass is 354 g/mol. The Morgan fingerprint density at radius 3 is 2.96 bits per heavy atom. The van der Waals surface area contributed by atoms with E-state index >= 15 is 0 Å². The maximum atomic E-state index is 12.0. The summed E-state index contributed by atoms with van der Waals surface area (Å²) in [6.45, 7) is 2.81. The molecule has 0 saturated carbocycles. The van der Waals surface area contributed by atoms with Crippen molar-refractivity contribution in [3.05, 3.63) is 54.1 Å². The van der Waals surface area contributed by atoms with Crippen LogP contribution in [-0.4, -0.2) is 33.9 Å². The van der Waals surface area contributed by atoms with E-state index in [4.69, 9.17) is 5.73 Å². The number of hydrogen-bond acceptors (Lipinski definition) is 7. The van der Waals surface area contributed by atoms with Gasteiger partial charge >= 0.3 is 0 Å². The standard InChI is InChI=1S/C17H18N6OS/c1-11-3-2-5-20-15(11)23-17-22-10-14(25-17)12-7-13(9-19-8-12)16(24)21-6-4-18/h2-3,5,7-10H,4,6,18H2,1H3,(H,21,24)(H,20,22,23). The lowest BCUT2D eigenvalue weighted by Crippen LogP contribution is -2.29. The summed E-state index contributed by atoms with van der Waals surface area (Å²) >= 11 is 1.47. The first-order chi connectivity index (χ1) is 12.2. The highest BCUT2D eigenvalue weighted by molar-refractivity contribution is 7.18. The highest BCUT2D eigenvalue weighted by Gasteiger charge is 2.10. The number of aryl methyl sites for hydroxylation is 1. The van der Waals surface area contributed by atoms with Crippen LogP contribution < -0.4 is 16.4 Å². The zero-order valence-corrected chi connectivity index (χ0v) is 14.5. The first kappa shape index (κ1) is 17.0. The minimum absolute atomic E-state index is 0.188. The normalized spacial score (nSPS) is 10.5. The van der Waals surface area contributed by atoms with Gasteiger partial charge in [0.1, 0.15) is 5.82 Å². The number of carbonyl (C=O) groups is 1. The summed E-state index contributed by atoms with van der Waals surface area (Å²) < 4.78 is 0. The van der Waals surface area contributed by atoms with Gasteiger partial charge in [-0.15, -0.1) is 0 Å². The average molecular weight is 354 g/mol. The maximum Gasteiger partial charge on any atom is 0.252 e. The second-order valence-electron chi connectivity index (χ2n) is 5.33. The predicted molar refractivity (Wildman–Crippen MR) is 99.0 cm³/mol. The summed E-state index contributed by atoms with van der Waals surface area (Å²) in [7, 11) is 0. The molecule has 0 saturated heterocycles. The van der Waals surface area contributed by atoms with E-state index in [0.717, 1.165) is 27.0 Å². The molecule has 4 N–H and O–H groups in total. The summed E-state index contributed by atoms with van der Waals surface area (Å²) in [5.41, 5.74) is 7.78. The van der Waals surface area contributed by atoms with Crippen molar-refractivity contribution in [3.8, 4) is 10.4 Å². The zero-order chi connectivity index (χ0) is 17.6. The van der Waals surface area contributed by atoms with Crippen LogP contribution >= 0.6 is 11.3 Å². The van der Waals surface area contributed by atoms with Gasteiger partial charge in [-0.25, -0.2) is 9.97 Å². The maximum absolute atomic E-state index is 12.0. The van der Waals surface area contributed by atoms with Crippen LogP contribution in [0, 0.1) is 6.92 Å². The molecule has 25 heavy (non-hydrogen) atoms. The van der Waals surface area contributed by atoms with Gasteiger partial charge in [-0.3, -0.25) is 9.78 Å². The second kappa shape index (κ2) is 7.82. The number of hydrogen-bond donors (Lipinski definition) is 3. The number of amides is 1. The van der Waals surface area contributed by atoms with Gasteiger partial charge < -0.3 is 16.4 Å². The van der Waals surface area contributed by atoms with Gasteiger partial charge in [-0.2, -0.15) is 0 Å². The summed E-state index contributed by atoms with van der Waals surface area (Å²) in [5.74, 6) is 0.586. The van der Waals surface area contributed by atoms with Crippen molar-refractivity contribution >= 4 is 28.2 Å². The van der Waals surface area contributed by atoms with Crippen LogP contribution in [0.4, 0.5) is 10.9 Å². The molecule has 0 unspecified atom stereocenters. The van der Waals surface area contributed by atoms with Gasteiger partial charge in [0, 0.05) is 43.4 Å². The van der Waals surface area contributed by atoms with Crippen molar-refractivity contribution in [2.45, 2.75) is 6.92 Å². The van der Waals surface area contributed by atoms with Crippen LogP contribution in [0.25, 0.3) is 10.4 Å². The Labute approximate surface area is 149 Å². The third-order valence-corrected chi connectivity index (χ3v) is 4.42. The molecule has 0 bridgehead atoms. The van der Waals surface area contributed by atoms with Crippen LogP contribution in [0.2, 0.25) is 0 Å². The number of nitrogens with two attached hydrogens (primary N) is 1. The Morgan fingerprint density at radius 2 is 2.16 bits per heavy atom. The quantitative estimate of drug-likeness (QED) is 0.627. The molecule has 0 aromatic carbocycles. The highest BCUT2D eigenvalue weighted by atomic mass is 32.1. The first-order valence-electron chi connectivity index (χ1n) is 7.75. The molecule has 0 atom stereocenters. The number of thiazole rings is 1. The van der Waals surface area contributed by atoms with Crippen LogP contribution in [-0.2, 0) is 0 Å². The van der Waals surface area contributed by atoms with E-state index < -0.39 is 0 Å². The molecule has 8 heteroatoms. The van der Waals surface area contributed by atoms with Crippen molar-refractivity contribution in [1.82, 2.24) is 20.3 Å². The third kappa shape index (κ3) is 4.17. The van der Waals surface area contributed by atoms with E-state index in [0.29, 0.717) is 18.7 Å². The summed E-state index contributed by atoms with van der Waals surface area (Å²) in [4.78, 5) is 25.8. The van der Waals surface area contributed by atoms with Gasteiger partial charge in [-0.05, 0) is 24.6 Å². The summed E-state index contributed by atoms with van der Waals surface area (Å²) in [5, 5.41) is 6.68. The van der Waals surface area contributed by atoms with E-state index in [1.54, 1.807) is 24.7 Å². The van der Waals surface area contributed by atoms with Crippen LogP contribution in [0.3, 0.4) is 0 Å². The first-order valence-corrected chi connectivity index (χ1v) is 8.57. The minimum Gasteiger partial charge on any atom is -0.351 e. The SMILES string of the molecule is Cc1cccnc1Nc1ncc(-c2cncc(C(=O)NCCN)c2)s1. The molecule has 1 amide bonds. The van der Waals surface area contributed by atoms with E-state index in [-0.39, 0.29) is 5.91 Å². The Morgan fingerprint density at radius 1 is 1.28 bits per heavy atom. The molecule has 0 aliphatic heterocycles. The number of carbonyl (C=O) groups excluding carboxylic acids is 1. The molecule has 7 nitrogen and oxygen atoms in total. The molecule has 0 spiro atoms. The lowest BCUT2D eigenvalue weighted by molar-refractivity contribution is 0.0954. The number of anilines is 2. The smallest absolute Gasteiger partial charge is 0.252 e. The minimum atomic E-state index is -0.188. The molecule has 3 heterocycles. The number of nitrogens with zero attached hydrogens (tertiary/aromatic N) is 3. The molecule has 0 radical (unpaired) electrons. The van der Waals surface area contributed by atoms with Gasteiger partial charge in [-0.1, -0.05) is 17.4 Å². The molecule has 0 aliphatic rings. The van der Waals surface area contributed by atoms with E-state index in [1.807, 2.05) is 19.1 Å². The van der Waals surface area contributed by atoms with Crippen molar-refractivity contribution in [3.63, 3.8) is 0 Å². The van der Waals surface area contributed by atoms with E-state index in [2.05, 4.69) is 25.6 Å². The average Bonchev–Trinajstić information content (AvgIpc) is 3.10. The van der Waals surface area contributed by atoms with Gasteiger partial charge in [0.2, 0.25) is 0 Å². The number of aromatic nitrogens is 3. The largest absolute Gasteiger partial charge is 0.351 e. The summed E-state index contributed by atoms with van der Waals surface area (Å²) in [6.07, 6.45) is 6.73. The molecule has 0 fully saturated rings. The third-order valence-electron chi connectivity index (χ3n) is 3.46. The molecule has 3 aromatic heterocycles. The van der Waals surface area contributed by atoms with Crippen LogP contribution in [0.5, 0.6) is 0 Å². The van der Waals surface area contributed by atoms with Crippen molar-refractivity contribution < 1.29 is 4.79 Å². The van der Waals surface area contributed by atoms with Crippen LogP contribution in [0.15, 0.2) is 43.0 Å². The predicted octanol–water partition coefficient (Wildman–Crippen LogP) is 2.34. The zero-order valence-electron chi connectivity index (χ0n) is 13.7. The molecule has 128 valence electrons. The fourth-order valence-corrected chi connectivity index (χ4v) is 2.97. The molecular formula is C17H18N6OS. The Hall–Kier alpha value is -2.84. The number of nitrogens with one attached hydrogen (secondary N) is 2. The van der Waals surface area contributed by atoms with E-state index in [9.17, 15) is 4.79 Å². The topological polar surface area (TPSA) is 106 Å². The highest BCUT2D eigenvalue weighted by Crippen LogP contribution is 2.30. The number of pyridine rings is 2. The lowest BCUT2D eigenvalue weighted by Gasteiger charge is -2.05. The molecule has 3 rings (SSSR count). The molecule has 3 aromatic rings. The number of rotatable bonds is 6. The Balaban J connectivity index is 1.78. The van der Waals surface area contributed by atoms with Crippen molar-refractivity contribution in [1.29, 1.82) is 0 Å². The molecular weight excluding hydrogens is 336 g/mol. The lowest BCUT2D eigenvalue weighted by atomic mass is 10.2. The fourth-order valence-electron chi connectivity index (χ4n) is 2.17. The van der Waals surface area contributed by atoms with Crippen LogP contribution in [0.1, 0.15) is 15.9 Å². The summed E-state index contributed by atoms with van der Waals surface area (Å²) in [6, 6.07) is 5.67. The van der Waals surface area contributed by atoms with Gasteiger partial charge in [0.15, 0.2) is 5.13 Å². The van der Waals surface area contributed by atoms with E-state index in [1.165, 1.54) is 17.5 Å². The molecule has 0 aliphatic carbocycles. The fraction of sp³-hybridized carbons (Fsp3) is 0.176. The van der Waals surface area contributed by atoms with Gasteiger partial charge in [0.05, 0.1) is 10.4 Å². The van der Waals surface area contributed by atoms with Crippen molar-refractivity contribution in [2.24, 2.45) is 5.73 Å². The van der Waals surface area contributed by atoms with Gasteiger partial charge in [0.25, 0.3) is 5.91 Å². The van der Waals surface area contributed by atoms with Crippen molar-refractivity contribution in [2.75, 3.05) is 18.4 Å². The Bertz CT molecular complexity index is 879. The Kier molecular flexibility index (Phi) is 5.32. The second-order valence-corrected chi connectivity index (χ2v) is 6.36.